The first-order valence-corrected chi connectivity index (χ1v) is 7.23. The molecule has 1 aromatic rings. The molecule has 1 aliphatic rings. The highest BCUT2D eigenvalue weighted by Gasteiger charge is 2.13. The fourth-order valence-electron chi connectivity index (χ4n) is 2.65. The first kappa shape index (κ1) is 14.4. The van der Waals surface area contributed by atoms with Crippen molar-refractivity contribution in [3.05, 3.63) is 28.3 Å². The van der Waals surface area contributed by atoms with Crippen LogP contribution < -0.4 is 10.6 Å². The van der Waals surface area contributed by atoms with Crippen LogP contribution in [0.4, 0.5) is 5.69 Å². The lowest BCUT2D eigenvalue weighted by molar-refractivity contribution is 0.0258. The fourth-order valence-corrected chi connectivity index (χ4v) is 2.65. The minimum absolute atomic E-state index is 0.354. The minimum Gasteiger partial charge on any atom is -0.385 e. The highest BCUT2D eigenvalue weighted by atomic mass is 16.5. The second-order valence-corrected chi connectivity index (χ2v) is 5.55. The Balaban J connectivity index is 1.95. The third kappa shape index (κ3) is 3.48. The van der Waals surface area contributed by atoms with Gasteiger partial charge in [0.1, 0.15) is 0 Å². The summed E-state index contributed by atoms with van der Waals surface area (Å²) in [5.74, 6) is 0. The molecule has 0 spiro atoms. The van der Waals surface area contributed by atoms with Crippen molar-refractivity contribution in [2.24, 2.45) is 0 Å². The Morgan fingerprint density at radius 2 is 1.89 bits per heavy atom. The van der Waals surface area contributed by atoms with Crippen LogP contribution in [0.5, 0.6) is 0 Å². The maximum atomic E-state index is 5.72. The van der Waals surface area contributed by atoms with Gasteiger partial charge in [0.25, 0.3) is 0 Å². The summed E-state index contributed by atoms with van der Waals surface area (Å²) in [6.07, 6.45) is 1.41. The normalized spacial score (nSPS) is 19.5. The summed E-state index contributed by atoms with van der Waals surface area (Å²) in [6.45, 7) is 12.5. The van der Waals surface area contributed by atoms with Crippen LogP contribution in [0.2, 0.25) is 0 Å². The molecular weight excluding hydrogens is 236 g/mol. The van der Waals surface area contributed by atoms with Gasteiger partial charge in [0.15, 0.2) is 0 Å². The number of morpholine rings is 1. The van der Waals surface area contributed by atoms with Gasteiger partial charge in [0.05, 0.1) is 12.7 Å². The van der Waals surface area contributed by atoms with Gasteiger partial charge in [-0.2, -0.15) is 0 Å². The molecule has 0 saturated carbocycles. The molecule has 2 rings (SSSR count). The lowest BCUT2D eigenvalue weighted by atomic mass is 9.98. The molecule has 3 nitrogen and oxygen atoms in total. The standard InChI is InChI=1S/C16H26N2O/c1-11-9-12(2)14(4)16(13(11)3)18-6-5-15-10-17-7-8-19-15/h9,15,17-18H,5-8,10H2,1-4H3. The van der Waals surface area contributed by atoms with Gasteiger partial charge in [-0.15, -0.1) is 0 Å². The van der Waals surface area contributed by atoms with Crippen LogP contribution in [0.15, 0.2) is 6.07 Å². The van der Waals surface area contributed by atoms with E-state index in [1.54, 1.807) is 0 Å². The van der Waals surface area contributed by atoms with Gasteiger partial charge >= 0.3 is 0 Å². The van der Waals surface area contributed by atoms with Gasteiger partial charge in [-0.1, -0.05) is 6.07 Å². The van der Waals surface area contributed by atoms with E-state index >= 15 is 0 Å². The van der Waals surface area contributed by atoms with Crippen molar-refractivity contribution in [3.63, 3.8) is 0 Å². The van der Waals surface area contributed by atoms with Crippen molar-refractivity contribution in [2.45, 2.75) is 40.2 Å². The molecule has 19 heavy (non-hydrogen) atoms. The number of hydrogen-bond donors (Lipinski definition) is 2. The number of aryl methyl sites for hydroxylation is 2. The number of anilines is 1. The quantitative estimate of drug-likeness (QED) is 0.875. The molecule has 1 aromatic carbocycles. The van der Waals surface area contributed by atoms with Gasteiger partial charge in [-0.25, -0.2) is 0 Å². The minimum atomic E-state index is 0.354. The fraction of sp³-hybridized carbons (Fsp3) is 0.625. The Hall–Kier alpha value is -1.06. The molecule has 2 N–H and O–H groups in total. The number of ether oxygens (including phenoxy) is 1. The average Bonchev–Trinajstić information content (AvgIpc) is 2.42. The van der Waals surface area contributed by atoms with Crippen LogP contribution >= 0.6 is 0 Å². The molecule has 1 fully saturated rings. The Morgan fingerprint density at radius 3 is 2.47 bits per heavy atom. The van der Waals surface area contributed by atoms with E-state index in [0.717, 1.165) is 32.7 Å². The van der Waals surface area contributed by atoms with E-state index in [9.17, 15) is 0 Å². The van der Waals surface area contributed by atoms with Gasteiger partial charge in [-0.3, -0.25) is 0 Å². The summed E-state index contributed by atoms with van der Waals surface area (Å²) in [6, 6.07) is 2.27. The number of hydrogen-bond acceptors (Lipinski definition) is 3. The monoisotopic (exact) mass is 262 g/mol. The Kier molecular flexibility index (Phi) is 4.83. The molecule has 0 bridgehead atoms. The number of nitrogens with one attached hydrogen (secondary N) is 2. The van der Waals surface area contributed by atoms with Gasteiger partial charge in [-0.05, 0) is 56.4 Å². The number of benzene rings is 1. The van der Waals surface area contributed by atoms with Crippen molar-refractivity contribution in [1.29, 1.82) is 0 Å². The SMILES string of the molecule is Cc1cc(C)c(C)c(NCCC2CNCCO2)c1C. The zero-order valence-electron chi connectivity index (χ0n) is 12.6. The van der Waals surface area contributed by atoms with E-state index in [-0.39, 0.29) is 0 Å². The second-order valence-electron chi connectivity index (χ2n) is 5.55. The maximum absolute atomic E-state index is 5.72. The van der Waals surface area contributed by atoms with Gasteiger partial charge in [0, 0.05) is 25.3 Å². The Labute approximate surface area is 116 Å². The summed E-state index contributed by atoms with van der Waals surface area (Å²) in [4.78, 5) is 0. The van der Waals surface area contributed by atoms with Crippen LogP contribution in [-0.2, 0) is 4.74 Å². The van der Waals surface area contributed by atoms with Crippen molar-refractivity contribution < 1.29 is 4.74 Å². The van der Waals surface area contributed by atoms with Crippen LogP contribution in [0.25, 0.3) is 0 Å². The van der Waals surface area contributed by atoms with Crippen LogP contribution in [0.1, 0.15) is 28.7 Å². The maximum Gasteiger partial charge on any atom is 0.0716 e. The zero-order valence-corrected chi connectivity index (χ0v) is 12.6. The molecule has 1 unspecified atom stereocenters. The van der Waals surface area contributed by atoms with E-state index in [0.29, 0.717) is 6.10 Å². The first-order valence-electron chi connectivity index (χ1n) is 7.23. The van der Waals surface area contributed by atoms with Crippen molar-refractivity contribution >= 4 is 5.69 Å². The highest BCUT2D eigenvalue weighted by Crippen LogP contribution is 2.26. The molecule has 1 atom stereocenters. The van der Waals surface area contributed by atoms with E-state index in [1.165, 1.54) is 27.9 Å². The van der Waals surface area contributed by atoms with E-state index in [2.05, 4.69) is 44.4 Å². The topological polar surface area (TPSA) is 33.3 Å². The molecule has 0 aliphatic carbocycles. The van der Waals surface area contributed by atoms with Crippen molar-refractivity contribution in [2.75, 3.05) is 31.6 Å². The highest BCUT2D eigenvalue weighted by molar-refractivity contribution is 5.62. The molecule has 1 heterocycles. The molecule has 0 aromatic heterocycles. The summed E-state index contributed by atoms with van der Waals surface area (Å²) >= 11 is 0. The molecule has 1 aliphatic heterocycles. The van der Waals surface area contributed by atoms with E-state index < -0.39 is 0 Å². The van der Waals surface area contributed by atoms with E-state index in [1.807, 2.05) is 0 Å². The molecule has 106 valence electrons. The molecule has 1 saturated heterocycles. The van der Waals surface area contributed by atoms with Crippen LogP contribution in [-0.4, -0.2) is 32.3 Å². The predicted octanol–water partition coefficient (Wildman–Crippen LogP) is 2.71. The largest absolute Gasteiger partial charge is 0.385 e. The Morgan fingerprint density at radius 1 is 1.21 bits per heavy atom. The van der Waals surface area contributed by atoms with E-state index in [4.69, 9.17) is 4.74 Å². The molecular formula is C16H26N2O. The lowest BCUT2D eigenvalue weighted by Crippen LogP contribution is -2.39. The molecule has 3 heteroatoms. The average molecular weight is 262 g/mol. The summed E-state index contributed by atoms with van der Waals surface area (Å²) < 4.78 is 5.72. The van der Waals surface area contributed by atoms with Gasteiger partial charge < -0.3 is 15.4 Å². The third-order valence-electron chi connectivity index (χ3n) is 4.14. The van der Waals surface area contributed by atoms with Crippen LogP contribution in [0.3, 0.4) is 0 Å². The molecule has 0 radical (unpaired) electrons. The lowest BCUT2D eigenvalue weighted by Gasteiger charge is -2.24. The summed E-state index contributed by atoms with van der Waals surface area (Å²) in [7, 11) is 0. The zero-order chi connectivity index (χ0) is 13.8. The first-order chi connectivity index (χ1) is 9.09. The second kappa shape index (κ2) is 6.40. The Bertz CT molecular complexity index is 411. The van der Waals surface area contributed by atoms with Gasteiger partial charge in [0.2, 0.25) is 0 Å². The van der Waals surface area contributed by atoms with Crippen molar-refractivity contribution in [3.8, 4) is 0 Å². The molecule has 0 amide bonds. The predicted molar refractivity (Wildman–Crippen MR) is 81.1 cm³/mol. The number of rotatable bonds is 4. The van der Waals surface area contributed by atoms with Crippen molar-refractivity contribution in [1.82, 2.24) is 5.32 Å². The summed E-state index contributed by atoms with van der Waals surface area (Å²) in [5.41, 5.74) is 6.76. The third-order valence-corrected chi connectivity index (χ3v) is 4.14. The van der Waals surface area contributed by atoms with Crippen LogP contribution in [0, 0.1) is 27.7 Å². The summed E-state index contributed by atoms with van der Waals surface area (Å²) in [5, 5.41) is 6.97. The smallest absolute Gasteiger partial charge is 0.0716 e.